The number of fused-ring (bicyclic) bond motifs is 4. The second-order valence-corrected chi connectivity index (χ2v) is 7.90. The van der Waals surface area contributed by atoms with Gasteiger partial charge in [0, 0.05) is 0 Å². The lowest BCUT2D eigenvalue weighted by atomic mass is 9.50. The molecule has 15 heavy (non-hydrogen) atoms. The molecule has 0 bridgehead atoms. The third-order valence-electron chi connectivity index (χ3n) is 5.82. The highest BCUT2D eigenvalue weighted by Gasteiger charge is 2.78. The molecule has 84 valence electrons. The molecule has 0 aromatic carbocycles. The van der Waals surface area contributed by atoms with Crippen LogP contribution in [0.4, 0.5) is 0 Å². The van der Waals surface area contributed by atoms with Crippen LogP contribution in [0.5, 0.6) is 0 Å². The van der Waals surface area contributed by atoms with E-state index in [0.29, 0.717) is 16.2 Å². The normalized spacial score (nSPS) is 51.3. The largest absolute Gasteiger partial charge is 0.0820 e. The molecule has 0 radical (unpaired) electrons. The maximum Gasteiger partial charge on any atom is -0.0140 e. The number of rotatable bonds is 0. The Morgan fingerprint density at radius 1 is 0.600 bits per heavy atom. The van der Waals surface area contributed by atoms with Crippen LogP contribution in [0.1, 0.15) is 41.5 Å². The van der Waals surface area contributed by atoms with E-state index >= 15 is 0 Å². The van der Waals surface area contributed by atoms with Crippen LogP contribution in [0.25, 0.3) is 0 Å². The molecule has 0 aromatic rings. The lowest BCUT2D eigenvalue weighted by molar-refractivity contribution is -0.0188. The summed E-state index contributed by atoms with van der Waals surface area (Å²) in [6, 6.07) is 0. The summed E-state index contributed by atoms with van der Waals surface area (Å²) in [6.07, 6.45) is 4.97. The Balaban J connectivity index is 2.03. The lowest BCUT2D eigenvalue weighted by Crippen LogP contribution is -2.49. The molecule has 0 heterocycles. The third kappa shape index (κ3) is 0.946. The fourth-order valence-corrected chi connectivity index (χ4v) is 4.89. The third-order valence-corrected chi connectivity index (χ3v) is 5.82. The first kappa shape index (κ1) is 9.93. The Kier molecular flexibility index (Phi) is 1.47. The second kappa shape index (κ2) is 2.21. The van der Waals surface area contributed by atoms with Gasteiger partial charge in [0.1, 0.15) is 0 Å². The summed E-state index contributed by atoms with van der Waals surface area (Å²) in [6.45, 7) is 14.7. The predicted molar refractivity (Wildman–Crippen MR) is 64.4 cm³/mol. The fraction of sp³-hybridized carbons (Fsp3) is 0.867. The SMILES string of the molecule is CC1(C)C=CC(C)(C)[C@H]2[C@H]1[C@H]1[C@@H]2C1(C)C. The van der Waals surface area contributed by atoms with E-state index in [1.807, 2.05) is 0 Å². The van der Waals surface area contributed by atoms with Crippen LogP contribution in [-0.2, 0) is 0 Å². The van der Waals surface area contributed by atoms with E-state index in [0.717, 1.165) is 23.7 Å². The molecule has 0 atom stereocenters. The van der Waals surface area contributed by atoms with Crippen molar-refractivity contribution in [3.8, 4) is 0 Å². The summed E-state index contributed by atoms with van der Waals surface area (Å²) >= 11 is 0. The van der Waals surface area contributed by atoms with Crippen molar-refractivity contribution in [1.29, 1.82) is 0 Å². The summed E-state index contributed by atoms with van der Waals surface area (Å²) in [4.78, 5) is 0. The van der Waals surface area contributed by atoms with E-state index in [-0.39, 0.29) is 0 Å². The van der Waals surface area contributed by atoms with Gasteiger partial charge >= 0.3 is 0 Å². The van der Waals surface area contributed by atoms with Crippen molar-refractivity contribution in [3.63, 3.8) is 0 Å². The average Bonchev–Trinajstić information content (AvgIpc) is 2.38. The molecular weight excluding hydrogens is 180 g/mol. The molecule has 3 aliphatic carbocycles. The van der Waals surface area contributed by atoms with E-state index in [1.165, 1.54) is 0 Å². The van der Waals surface area contributed by atoms with Crippen molar-refractivity contribution in [2.24, 2.45) is 39.9 Å². The van der Waals surface area contributed by atoms with E-state index < -0.39 is 0 Å². The first-order valence-electron chi connectivity index (χ1n) is 6.40. The average molecular weight is 204 g/mol. The summed E-state index contributed by atoms with van der Waals surface area (Å²) in [5, 5.41) is 0. The number of hydrogen-bond donors (Lipinski definition) is 0. The Bertz CT molecular complexity index is 311. The Morgan fingerprint density at radius 2 is 0.933 bits per heavy atom. The zero-order chi connectivity index (χ0) is 11.2. The monoisotopic (exact) mass is 204 g/mol. The van der Waals surface area contributed by atoms with Gasteiger partial charge in [-0.25, -0.2) is 0 Å². The van der Waals surface area contributed by atoms with Gasteiger partial charge in [-0.3, -0.25) is 0 Å². The van der Waals surface area contributed by atoms with Crippen LogP contribution in [0.3, 0.4) is 0 Å². The number of hydrogen-bond acceptors (Lipinski definition) is 0. The molecule has 2 fully saturated rings. The van der Waals surface area contributed by atoms with E-state index in [4.69, 9.17) is 0 Å². The molecule has 0 saturated heterocycles. The summed E-state index contributed by atoms with van der Waals surface area (Å²) in [5.74, 6) is 3.92. The zero-order valence-corrected chi connectivity index (χ0v) is 11.0. The van der Waals surface area contributed by atoms with Gasteiger partial charge in [0.2, 0.25) is 0 Å². The highest BCUT2D eigenvalue weighted by atomic mass is 14.8. The van der Waals surface area contributed by atoms with Gasteiger partial charge in [0.15, 0.2) is 0 Å². The Hall–Kier alpha value is -0.260. The zero-order valence-electron chi connectivity index (χ0n) is 11.0. The first-order chi connectivity index (χ1) is 6.70. The smallest absolute Gasteiger partial charge is 0.0140 e. The minimum absolute atomic E-state index is 0.440. The van der Waals surface area contributed by atoms with E-state index in [9.17, 15) is 0 Å². The van der Waals surface area contributed by atoms with Crippen LogP contribution >= 0.6 is 0 Å². The summed E-state index contributed by atoms with van der Waals surface area (Å²) in [5.41, 5.74) is 1.51. The van der Waals surface area contributed by atoms with Crippen molar-refractivity contribution in [3.05, 3.63) is 12.2 Å². The highest BCUT2D eigenvalue weighted by Crippen LogP contribution is 2.82. The van der Waals surface area contributed by atoms with Gasteiger partial charge in [-0.05, 0) is 39.9 Å². The Morgan fingerprint density at radius 3 is 1.27 bits per heavy atom. The van der Waals surface area contributed by atoms with Crippen molar-refractivity contribution in [1.82, 2.24) is 0 Å². The first-order valence-corrected chi connectivity index (χ1v) is 6.40. The van der Waals surface area contributed by atoms with Crippen LogP contribution in [-0.4, -0.2) is 0 Å². The summed E-state index contributed by atoms with van der Waals surface area (Å²) < 4.78 is 0. The van der Waals surface area contributed by atoms with Gasteiger partial charge in [0.25, 0.3) is 0 Å². The maximum absolute atomic E-state index is 2.48. The second-order valence-electron chi connectivity index (χ2n) is 7.90. The lowest BCUT2D eigenvalue weighted by Gasteiger charge is -2.54. The van der Waals surface area contributed by atoms with Gasteiger partial charge in [-0.15, -0.1) is 0 Å². The maximum atomic E-state index is 2.48. The minimum Gasteiger partial charge on any atom is -0.0820 e. The standard InChI is InChI=1S/C15H24/c1-13(2)7-8-14(3,4)10-9(13)11-12(10)15(11,5)6/h7-12H,1-6H3/t9-,10-,11-,12+/m0/s1. The van der Waals surface area contributed by atoms with Crippen LogP contribution in [0, 0.1) is 39.9 Å². The molecule has 0 spiro atoms. The van der Waals surface area contributed by atoms with Gasteiger partial charge in [-0.2, -0.15) is 0 Å². The fourth-order valence-electron chi connectivity index (χ4n) is 4.89. The van der Waals surface area contributed by atoms with Crippen LogP contribution < -0.4 is 0 Å². The number of allylic oxidation sites excluding steroid dienone is 2. The van der Waals surface area contributed by atoms with Gasteiger partial charge in [-0.1, -0.05) is 53.7 Å². The predicted octanol–water partition coefficient (Wildman–Crippen LogP) is 4.13. The van der Waals surface area contributed by atoms with Crippen molar-refractivity contribution < 1.29 is 0 Å². The molecule has 0 nitrogen and oxygen atoms in total. The van der Waals surface area contributed by atoms with E-state index in [2.05, 4.69) is 53.7 Å². The van der Waals surface area contributed by atoms with Crippen molar-refractivity contribution in [2.45, 2.75) is 41.5 Å². The summed E-state index contributed by atoms with van der Waals surface area (Å²) in [7, 11) is 0. The quantitative estimate of drug-likeness (QED) is 0.521. The van der Waals surface area contributed by atoms with E-state index in [1.54, 1.807) is 0 Å². The Labute approximate surface area is 94.1 Å². The molecule has 0 amide bonds. The molecule has 3 rings (SSSR count). The van der Waals surface area contributed by atoms with Crippen molar-refractivity contribution in [2.75, 3.05) is 0 Å². The van der Waals surface area contributed by atoms with Gasteiger partial charge < -0.3 is 0 Å². The van der Waals surface area contributed by atoms with Gasteiger partial charge in [0.05, 0.1) is 0 Å². The van der Waals surface area contributed by atoms with Crippen molar-refractivity contribution >= 4 is 0 Å². The highest BCUT2D eigenvalue weighted by molar-refractivity contribution is 5.31. The molecule has 0 unspecified atom stereocenters. The molecule has 0 heteroatoms. The molecular formula is C15H24. The van der Waals surface area contributed by atoms with Crippen LogP contribution in [0.15, 0.2) is 12.2 Å². The molecule has 0 N–H and O–H groups in total. The molecule has 2 saturated carbocycles. The van der Waals surface area contributed by atoms with Crippen LogP contribution in [0.2, 0.25) is 0 Å². The molecule has 0 aromatic heterocycles. The minimum atomic E-state index is 0.440. The molecule has 3 aliphatic rings. The topological polar surface area (TPSA) is 0 Å². The molecule has 0 aliphatic heterocycles.